The van der Waals surface area contributed by atoms with Gasteiger partial charge in [0.2, 0.25) is 0 Å². The van der Waals surface area contributed by atoms with Crippen molar-refractivity contribution < 1.29 is 4.79 Å². The minimum absolute atomic E-state index is 0.295. The third kappa shape index (κ3) is 5.92. The number of hydrogen-bond acceptors (Lipinski definition) is 2. The molecule has 0 atom stereocenters. The molecule has 1 heterocycles. The Morgan fingerprint density at radius 3 is 2.41 bits per heavy atom. The van der Waals surface area contributed by atoms with Crippen LogP contribution in [0.4, 0.5) is 0 Å². The van der Waals surface area contributed by atoms with Gasteiger partial charge in [0.05, 0.1) is 0 Å². The number of rotatable bonds is 9. The molecule has 2 nitrogen and oxygen atoms in total. The number of carbonyl (C=O) groups excluding carboxylic acids is 1. The normalized spacial score (nSPS) is 15.9. The van der Waals surface area contributed by atoms with E-state index in [1.807, 2.05) is 12.1 Å². The zero-order valence-corrected chi connectivity index (χ0v) is 14.2. The lowest BCUT2D eigenvalue weighted by Crippen LogP contribution is -2.31. The topological polar surface area (TPSA) is 20.3 Å². The minimum atomic E-state index is 0.295. The fourth-order valence-corrected chi connectivity index (χ4v) is 3.20. The summed E-state index contributed by atoms with van der Waals surface area (Å²) in [5.41, 5.74) is 2.25. The van der Waals surface area contributed by atoms with Crippen LogP contribution in [0.15, 0.2) is 24.3 Å². The van der Waals surface area contributed by atoms with E-state index in [0.717, 1.165) is 18.5 Å². The Hall–Kier alpha value is -1.15. The van der Waals surface area contributed by atoms with E-state index >= 15 is 0 Å². The molecule has 2 heteroatoms. The van der Waals surface area contributed by atoms with Gasteiger partial charge in [0.25, 0.3) is 0 Å². The lowest BCUT2D eigenvalue weighted by molar-refractivity contribution is 0.0958. The largest absolute Gasteiger partial charge is 0.303 e. The van der Waals surface area contributed by atoms with Gasteiger partial charge in [-0.1, -0.05) is 56.9 Å². The molecule has 0 amide bonds. The van der Waals surface area contributed by atoms with E-state index in [1.54, 1.807) is 0 Å². The second-order valence-electron chi connectivity index (χ2n) is 6.58. The lowest BCUT2D eigenvalue weighted by atomic mass is 10.0. The first-order valence-electron chi connectivity index (χ1n) is 9.14. The van der Waals surface area contributed by atoms with Crippen molar-refractivity contribution in [2.24, 2.45) is 0 Å². The van der Waals surface area contributed by atoms with Gasteiger partial charge in [-0.15, -0.1) is 0 Å². The molecule has 0 aromatic heterocycles. The molecule has 1 aromatic rings. The Balaban J connectivity index is 1.73. The standard InChI is InChI=1S/C20H31NO/c1-2-3-4-6-9-18-10-12-19(13-11-18)20(22)14-17-21-15-7-5-8-16-21/h10-13H,2-9,14-17H2,1H3. The molecule has 22 heavy (non-hydrogen) atoms. The molecule has 2 rings (SSSR count). The van der Waals surface area contributed by atoms with Crippen LogP contribution in [-0.4, -0.2) is 30.3 Å². The molecule has 0 bridgehead atoms. The zero-order valence-electron chi connectivity index (χ0n) is 14.2. The average Bonchev–Trinajstić information content (AvgIpc) is 2.58. The van der Waals surface area contributed by atoms with Gasteiger partial charge in [-0.05, 0) is 44.3 Å². The fourth-order valence-electron chi connectivity index (χ4n) is 3.20. The highest BCUT2D eigenvalue weighted by Crippen LogP contribution is 2.13. The lowest BCUT2D eigenvalue weighted by Gasteiger charge is -2.25. The molecule has 0 aliphatic carbocycles. The first kappa shape index (κ1) is 17.2. The number of Topliss-reactive ketones (excluding diaryl/α,β-unsaturated/α-hetero) is 1. The van der Waals surface area contributed by atoms with Gasteiger partial charge >= 0.3 is 0 Å². The van der Waals surface area contributed by atoms with Crippen LogP contribution in [0.5, 0.6) is 0 Å². The van der Waals surface area contributed by atoms with Gasteiger partial charge < -0.3 is 4.90 Å². The highest BCUT2D eigenvalue weighted by atomic mass is 16.1. The average molecular weight is 301 g/mol. The Bertz CT molecular complexity index is 432. The molecule has 0 radical (unpaired) electrons. The molecule has 0 saturated carbocycles. The molecule has 1 aliphatic rings. The highest BCUT2D eigenvalue weighted by molar-refractivity contribution is 5.96. The monoisotopic (exact) mass is 301 g/mol. The summed E-state index contributed by atoms with van der Waals surface area (Å²) in [5, 5.41) is 0. The smallest absolute Gasteiger partial charge is 0.164 e. The maximum absolute atomic E-state index is 12.3. The highest BCUT2D eigenvalue weighted by Gasteiger charge is 2.12. The van der Waals surface area contributed by atoms with Crippen molar-refractivity contribution in [3.63, 3.8) is 0 Å². The third-order valence-corrected chi connectivity index (χ3v) is 4.70. The maximum Gasteiger partial charge on any atom is 0.164 e. The van der Waals surface area contributed by atoms with E-state index in [9.17, 15) is 4.79 Å². The number of aryl methyl sites for hydroxylation is 1. The number of ketones is 1. The maximum atomic E-state index is 12.3. The number of hydrogen-bond donors (Lipinski definition) is 0. The van der Waals surface area contributed by atoms with Crippen LogP contribution in [0.25, 0.3) is 0 Å². The molecule has 122 valence electrons. The van der Waals surface area contributed by atoms with Crippen molar-refractivity contribution in [2.45, 2.75) is 64.7 Å². The van der Waals surface area contributed by atoms with E-state index < -0.39 is 0 Å². The molecular formula is C20H31NO. The molecule has 0 unspecified atom stereocenters. The van der Waals surface area contributed by atoms with Gasteiger partial charge in [0, 0.05) is 18.5 Å². The Labute approximate surface area is 135 Å². The van der Waals surface area contributed by atoms with Crippen LogP contribution in [0, 0.1) is 0 Å². The molecular weight excluding hydrogens is 270 g/mol. The van der Waals surface area contributed by atoms with Crippen molar-refractivity contribution in [2.75, 3.05) is 19.6 Å². The van der Waals surface area contributed by atoms with E-state index in [-0.39, 0.29) is 0 Å². The van der Waals surface area contributed by atoms with E-state index in [4.69, 9.17) is 0 Å². The molecule has 1 aliphatic heterocycles. The quantitative estimate of drug-likeness (QED) is 0.479. The van der Waals surface area contributed by atoms with Gasteiger partial charge in [-0.3, -0.25) is 4.79 Å². The third-order valence-electron chi connectivity index (χ3n) is 4.70. The molecule has 0 spiro atoms. The summed E-state index contributed by atoms with van der Waals surface area (Å²) in [7, 11) is 0. The SMILES string of the molecule is CCCCCCc1ccc(C(=O)CCN2CCCCC2)cc1. The van der Waals surface area contributed by atoms with Gasteiger partial charge in [0.15, 0.2) is 5.78 Å². The van der Waals surface area contributed by atoms with Crippen molar-refractivity contribution in [3.05, 3.63) is 35.4 Å². The van der Waals surface area contributed by atoms with Crippen LogP contribution in [-0.2, 0) is 6.42 Å². The summed E-state index contributed by atoms with van der Waals surface area (Å²) < 4.78 is 0. The van der Waals surface area contributed by atoms with Gasteiger partial charge in [-0.25, -0.2) is 0 Å². The number of carbonyl (C=O) groups is 1. The number of likely N-dealkylation sites (tertiary alicyclic amines) is 1. The van der Waals surface area contributed by atoms with Crippen molar-refractivity contribution in [1.29, 1.82) is 0 Å². The number of piperidine rings is 1. The van der Waals surface area contributed by atoms with Gasteiger partial charge in [0.1, 0.15) is 0 Å². The zero-order chi connectivity index (χ0) is 15.6. The molecule has 0 N–H and O–H groups in total. The van der Waals surface area contributed by atoms with Crippen LogP contribution in [0.3, 0.4) is 0 Å². The Morgan fingerprint density at radius 2 is 1.73 bits per heavy atom. The van der Waals surface area contributed by atoms with E-state index in [1.165, 1.54) is 63.6 Å². The Morgan fingerprint density at radius 1 is 1.00 bits per heavy atom. The van der Waals surface area contributed by atoms with Crippen molar-refractivity contribution in [1.82, 2.24) is 4.90 Å². The summed E-state index contributed by atoms with van der Waals surface area (Å²) in [4.78, 5) is 14.7. The first-order chi connectivity index (χ1) is 10.8. The summed E-state index contributed by atoms with van der Waals surface area (Å²) in [5.74, 6) is 0.295. The summed E-state index contributed by atoms with van der Waals surface area (Å²) >= 11 is 0. The number of nitrogens with zero attached hydrogens (tertiary/aromatic N) is 1. The minimum Gasteiger partial charge on any atom is -0.303 e. The van der Waals surface area contributed by atoms with Crippen LogP contribution in [0.2, 0.25) is 0 Å². The number of unbranched alkanes of at least 4 members (excludes halogenated alkanes) is 3. The van der Waals surface area contributed by atoms with Crippen LogP contribution < -0.4 is 0 Å². The van der Waals surface area contributed by atoms with Crippen molar-refractivity contribution >= 4 is 5.78 Å². The second-order valence-corrected chi connectivity index (χ2v) is 6.58. The Kier molecular flexibility index (Phi) is 7.65. The van der Waals surface area contributed by atoms with Gasteiger partial charge in [-0.2, -0.15) is 0 Å². The van der Waals surface area contributed by atoms with Crippen LogP contribution in [0.1, 0.15) is 74.2 Å². The summed E-state index contributed by atoms with van der Waals surface area (Å²) in [6.45, 7) is 5.51. The van der Waals surface area contributed by atoms with E-state index in [2.05, 4.69) is 24.0 Å². The molecule has 1 aromatic carbocycles. The molecule has 1 fully saturated rings. The van der Waals surface area contributed by atoms with Crippen LogP contribution >= 0.6 is 0 Å². The predicted molar refractivity (Wildman–Crippen MR) is 93.5 cm³/mol. The van der Waals surface area contributed by atoms with E-state index in [0.29, 0.717) is 12.2 Å². The number of benzene rings is 1. The molecule has 1 saturated heterocycles. The van der Waals surface area contributed by atoms with Crippen molar-refractivity contribution in [3.8, 4) is 0 Å². The predicted octanol–water partition coefficient (Wildman–Crippen LogP) is 4.87. The summed E-state index contributed by atoms with van der Waals surface area (Å²) in [6.07, 6.45) is 10.9. The fraction of sp³-hybridized carbons (Fsp3) is 0.650. The second kappa shape index (κ2) is 9.78. The first-order valence-corrected chi connectivity index (χ1v) is 9.14. The summed E-state index contributed by atoms with van der Waals surface area (Å²) in [6, 6.07) is 8.32.